The molecule has 0 unspecified atom stereocenters. The van der Waals surface area contributed by atoms with Crippen LogP contribution in [0, 0.1) is 12.7 Å². The average molecular weight is 506 g/mol. The quantitative estimate of drug-likeness (QED) is 0.417. The second kappa shape index (κ2) is 13.2. The van der Waals surface area contributed by atoms with Gasteiger partial charge in [-0.25, -0.2) is 12.8 Å². The third kappa shape index (κ3) is 8.65. The molecule has 0 heterocycles. The van der Waals surface area contributed by atoms with Gasteiger partial charge in [0.2, 0.25) is 21.8 Å². The van der Waals surface area contributed by atoms with E-state index >= 15 is 0 Å². The number of para-hydroxylation sites is 1. The first kappa shape index (κ1) is 28.3. The Labute approximate surface area is 208 Å². The van der Waals surface area contributed by atoms with E-state index in [-0.39, 0.29) is 43.4 Å². The van der Waals surface area contributed by atoms with Crippen molar-refractivity contribution in [2.75, 3.05) is 23.7 Å². The van der Waals surface area contributed by atoms with E-state index in [9.17, 15) is 22.4 Å². The standard InChI is InChI=1S/C26H36FN3O4S/c1-5-6-16-28-26(32)21(3)29(19-22-12-9-11-20(2)18-22)25(31)15-10-17-30(35(4,33)34)24-14-8-7-13-23(24)27/h7-9,11-14,18,21H,5-6,10,15-17,19H2,1-4H3,(H,28,32)/t21-/m1/s1. The molecule has 0 radical (unpaired) electrons. The number of anilines is 1. The first-order valence-electron chi connectivity index (χ1n) is 11.9. The predicted molar refractivity (Wildman–Crippen MR) is 137 cm³/mol. The smallest absolute Gasteiger partial charge is 0.242 e. The van der Waals surface area contributed by atoms with E-state index in [2.05, 4.69) is 5.32 Å². The molecule has 0 aliphatic carbocycles. The molecule has 0 aliphatic heterocycles. The zero-order valence-corrected chi connectivity index (χ0v) is 21.8. The van der Waals surface area contributed by atoms with E-state index in [1.54, 1.807) is 13.0 Å². The molecule has 0 bridgehead atoms. The van der Waals surface area contributed by atoms with E-state index in [1.807, 2.05) is 38.1 Å². The molecule has 9 heteroatoms. The van der Waals surface area contributed by atoms with Crippen molar-refractivity contribution in [3.05, 3.63) is 65.5 Å². The molecule has 0 aliphatic rings. The highest BCUT2D eigenvalue weighted by Crippen LogP contribution is 2.22. The summed E-state index contributed by atoms with van der Waals surface area (Å²) < 4.78 is 39.8. The van der Waals surface area contributed by atoms with Gasteiger partial charge in [-0.3, -0.25) is 13.9 Å². The van der Waals surface area contributed by atoms with Gasteiger partial charge in [-0.15, -0.1) is 0 Å². The van der Waals surface area contributed by atoms with E-state index in [4.69, 9.17) is 0 Å². The number of hydrogen-bond acceptors (Lipinski definition) is 4. The van der Waals surface area contributed by atoms with Crippen LogP contribution in [0.4, 0.5) is 10.1 Å². The Morgan fingerprint density at radius 2 is 1.80 bits per heavy atom. The van der Waals surface area contributed by atoms with Gasteiger partial charge in [0.25, 0.3) is 0 Å². The molecular formula is C26H36FN3O4S. The average Bonchev–Trinajstić information content (AvgIpc) is 2.80. The summed E-state index contributed by atoms with van der Waals surface area (Å²) in [4.78, 5) is 27.5. The minimum atomic E-state index is -3.75. The summed E-state index contributed by atoms with van der Waals surface area (Å²) in [5.41, 5.74) is 1.89. The second-order valence-electron chi connectivity index (χ2n) is 8.72. The molecule has 1 atom stereocenters. The number of carbonyl (C=O) groups is 2. The van der Waals surface area contributed by atoms with Crippen molar-refractivity contribution in [2.45, 2.75) is 59.0 Å². The molecule has 35 heavy (non-hydrogen) atoms. The zero-order valence-electron chi connectivity index (χ0n) is 21.0. The van der Waals surface area contributed by atoms with Crippen LogP contribution in [0.15, 0.2) is 48.5 Å². The van der Waals surface area contributed by atoms with Crippen molar-refractivity contribution in [1.29, 1.82) is 0 Å². The number of nitrogens with one attached hydrogen (secondary N) is 1. The van der Waals surface area contributed by atoms with Crippen molar-refractivity contribution >= 4 is 27.5 Å². The fourth-order valence-corrected chi connectivity index (χ4v) is 4.73. The summed E-state index contributed by atoms with van der Waals surface area (Å²) >= 11 is 0. The summed E-state index contributed by atoms with van der Waals surface area (Å²) in [7, 11) is -3.75. The Balaban J connectivity index is 2.15. The van der Waals surface area contributed by atoms with E-state index in [0.717, 1.165) is 34.5 Å². The number of sulfonamides is 1. The molecular weight excluding hydrogens is 469 g/mol. The lowest BCUT2D eigenvalue weighted by Gasteiger charge is -2.29. The third-order valence-corrected chi connectivity index (χ3v) is 6.89. The highest BCUT2D eigenvalue weighted by Gasteiger charge is 2.27. The lowest BCUT2D eigenvalue weighted by atomic mass is 10.1. The second-order valence-corrected chi connectivity index (χ2v) is 10.6. The minimum absolute atomic E-state index is 0.0128. The van der Waals surface area contributed by atoms with Crippen molar-refractivity contribution < 1.29 is 22.4 Å². The lowest BCUT2D eigenvalue weighted by Crippen LogP contribution is -2.48. The van der Waals surface area contributed by atoms with E-state index in [0.29, 0.717) is 6.54 Å². The van der Waals surface area contributed by atoms with Crippen LogP contribution in [0.25, 0.3) is 0 Å². The molecule has 0 spiro atoms. The van der Waals surface area contributed by atoms with Crippen molar-refractivity contribution in [1.82, 2.24) is 10.2 Å². The number of unbranched alkanes of at least 4 members (excludes halogenated alkanes) is 1. The van der Waals surface area contributed by atoms with Gasteiger partial charge in [0, 0.05) is 26.1 Å². The van der Waals surface area contributed by atoms with Gasteiger partial charge < -0.3 is 10.2 Å². The zero-order chi connectivity index (χ0) is 26.0. The summed E-state index contributed by atoms with van der Waals surface area (Å²) in [5, 5.41) is 2.88. The van der Waals surface area contributed by atoms with Crippen molar-refractivity contribution in [3.63, 3.8) is 0 Å². The van der Waals surface area contributed by atoms with Crippen LogP contribution in [-0.4, -0.2) is 50.5 Å². The maximum absolute atomic E-state index is 14.3. The van der Waals surface area contributed by atoms with Crippen LogP contribution >= 0.6 is 0 Å². The number of rotatable bonds is 13. The van der Waals surface area contributed by atoms with Crippen molar-refractivity contribution in [2.24, 2.45) is 0 Å². The number of aryl methyl sites for hydroxylation is 1. The van der Waals surface area contributed by atoms with Crippen LogP contribution in [0.1, 0.15) is 50.7 Å². The van der Waals surface area contributed by atoms with Gasteiger partial charge in [-0.1, -0.05) is 55.3 Å². The molecule has 2 amide bonds. The number of halogens is 1. The molecule has 7 nitrogen and oxygen atoms in total. The SMILES string of the molecule is CCCCNC(=O)[C@@H](C)N(Cc1cccc(C)c1)C(=O)CCCN(c1ccccc1F)S(C)(=O)=O. The number of amides is 2. The normalized spacial score (nSPS) is 12.1. The summed E-state index contributed by atoms with van der Waals surface area (Å²) in [6, 6.07) is 12.7. The van der Waals surface area contributed by atoms with E-state index < -0.39 is 21.9 Å². The molecule has 0 aromatic heterocycles. The van der Waals surface area contributed by atoms with Crippen LogP contribution in [0.2, 0.25) is 0 Å². The number of nitrogens with zero attached hydrogens (tertiary/aromatic N) is 2. The topological polar surface area (TPSA) is 86.8 Å². The van der Waals surface area contributed by atoms with Gasteiger partial charge in [0.05, 0.1) is 11.9 Å². The molecule has 192 valence electrons. The Morgan fingerprint density at radius 1 is 1.09 bits per heavy atom. The molecule has 0 saturated carbocycles. The lowest BCUT2D eigenvalue weighted by molar-refractivity contribution is -0.140. The van der Waals surface area contributed by atoms with Gasteiger partial charge >= 0.3 is 0 Å². The van der Waals surface area contributed by atoms with Gasteiger partial charge in [-0.05, 0) is 44.4 Å². The van der Waals surface area contributed by atoms with Gasteiger partial charge in [0.15, 0.2) is 0 Å². The number of hydrogen-bond donors (Lipinski definition) is 1. The highest BCUT2D eigenvalue weighted by atomic mass is 32.2. The molecule has 2 rings (SSSR count). The predicted octanol–water partition coefficient (Wildman–Crippen LogP) is 4.01. The fraction of sp³-hybridized carbons (Fsp3) is 0.462. The molecule has 2 aromatic rings. The largest absolute Gasteiger partial charge is 0.354 e. The third-order valence-electron chi connectivity index (χ3n) is 5.71. The van der Waals surface area contributed by atoms with Gasteiger partial charge in [0.1, 0.15) is 11.9 Å². The molecule has 0 fully saturated rings. The fourth-order valence-electron chi connectivity index (χ4n) is 3.76. The highest BCUT2D eigenvalue weighted by molar-refractivity contribution is 7.92. The number of carbonyl (C=O) groups excluding carboxylic acids is 2. The van der Waals surface area contributed by atoms with Crippen LogP contribution in [0.3, 0.4) is 0 Å². The monoisotopic (exact) mass is 505 g/mol. The summed E-state index contributed by atoms with van der Waals surface area (Å²) in [6.07, 6.45) is 2.99. The maximum atomic E-state index is 14.3. The Bertz CT molecular complexity index is 1110. The molecule has 2 aromatic carbocycles. The van der Waals surface area contributed by atoms with Crippen LogP contribution in [-0.2, 0) is 26.2 Å². The van der Waals surface area contributed by atoms with Crippen LogP contribution < -0.4 is 9.62 Å². The number of benzene rings is 2. The maximum Gasteiger partial charge on any atom is 0.242 e. The summed E-state index contributed by atoms with van der Waals surface area (Å²) in [5.74, 6) is -1.15. The van der Waals surface area contributed by atoms with E-state index in [1.165, 1.54) is 23.1 Å². The first-order chi connectivity index (χ1) is 16.5. The Morgan fingerprint density at radius 3 is 2.43 bits per heavy atom. The first-order valence-corrected chi connectivity index (χ1v) is 13.7. The van der Waals surface area contributed by atoms with Gasteiger partial charge in [-0.2, -0.15) is 0 Å². The Kier molecular flexibility index (Phi) is 10.7. The molecule has 1 N–H and O–H groups in total. The minimum Gasteiger partial charge on any atom is -0.354 e. The van der Waals surface area contributed by atoms with Crippen LogP contribution in [0.5, 0.6) is 0 Å². The summed E-state index contributed by atoms with van der Waals surface area (Å²) in [6.45, 7) is 6.42. The van der Waals surface area contributed by atoms with Crippen molar-refractivity contribution in [3.8, 4) is 0 Å². The molecule has 0 saturated heterocycles. The Hall–Kier alpha value is -2.94.